The first kappa shape index (κ1) is 36.8. The van der Waals surface area contributed by atoms with Crippen LogP contribution in [-0.2, 0) is 20.8 Å². The molecule has 43 heavy (non-hydrogen) atoms. The Hall–Kier alpha value is -2.37. The molecule has 1 unspecified atom stereocenters. The van der Waals surface area contributed by atoms with Gasteiger partial charge in [-0.3, -0.25) is 34.0 Å². The summed E-state index contributed by atoms with van der Waals surface area (Å²) in [6, 6.07) is 7.81. The fourth-order valence-electron chi connectivity index (χ4n) is 5.12. The predicted molar refractivity (Wildman–Crippen MR) is 176 cm³/mol. The molecule has 0 spiro atoms. The highest BCUT2D eigenvalue weighted by atomic mass is 28.4. The van der Waals surface area contributed by atoms with Crippen LogP contribution in [0.1, 0.15) is 47.1 Å². The van der Waals surface area contributed by atoms with Gasteiger partial charge in [-0.25, -0.2) is 0 Å². The van der Waals surface area contributed by atoms with E-state index in [1.807, 2.05) is 12.1 Å². The van der Waals surface area contributed by atoms with Crippen LogP contribution in [0.3, 0.4) is 0 Å². The zero-order valence-electron chi connectivity index (χ0n) is 27.9. The first-order chi connectivity index (χ1) is 20.0. The van der Waals surface area contributed by atoms with E-state index in [0.29, 0.717) is 78.4 Å². The zero-order chi connectivity index (χ0) is 32.4. The van der Waals surface area contributed by atoms with Crippen molar-refractivity contribution in [1.82, 2.24) is 19.6 Å². The summed E-state index contributed by atoms with van der Waals surface area (Å²) >= 11 is 0. The van der Waals surface area contributed by atoms with Gasteiger partial charge in [0, 0.05) is 52.4 Å². The Morgan fingerprint density at radius 3 is 1.60 bits per heavy atom. The molecule has 1 aliphatic heterocycles. The molecular weight excluding hydrogens is 560 g/mol. The number of hydrogen-bond donors (Lipinski definition) is 1. The Labute approximate surface area is 261 Å². The van der Waals surface area contributed by atoms with Crippen LogP contribution in [0.15, 0.2) is 36.6 Å². The Morgan fingerprint density at radius 2 is 1.23 bits per heavy atom. The number of ketones is 3. The average molecular weight is 617 g/mol. The maximum absolute atomic E-state index is 13.1. The van der Waals surface area contributed by atoms with E-state index in [9.17, 15) is 19.5 Å². The highest BCUT2D eigenvalue weighted by Crippen LogP contribution is 2.37. The van der Waals surface area contributed by atoms with Crippen molar-refractivity contribution in [3.63, 3.8) is 0 Å². The fourth-order valence-corrected chi connectivity index (χ4v) is 6.15. The molecular formula is C33H56N4O5Si. The minimum Gasteiger partial charge on any atom is -0.544 e. The fraction of sp³-hybridized carbons (Fsp3) is 0.667. The third-order valence-corrected chi connectivity index (χ3v) is 13.0. The highest BCUT2D eigenvalue weighted by Gasteiger charge is 2.39. The van der Waals surface area contributed by atoms with Crippen LogP contribution in [-0.4, -0.2) is 128 Å². The normalized spacial score (nSPS) is 18.3. The number of carbonyl (C=O) groups excluding carboxylic acids is 3. The third-order valence-electron chi connectivity index (χ3n) is 8.61. The van der Waals surface area contributed by atoms with Crippen molar-refractivity contribution in [3.05, 3.63) is 42.2 Å². The first-order valence-electron chi connectivity index (χ1n) is 15.5. The Kier molecular flexibility index (Phi) is 14.2. The van der Waals surface area contributed by atoms with Crippen molar-refractivity contribution in [2.24, 2.45) is 0 Å². The number of Topliss-reactive ketones (excluding diaryl/α,β-unsaturated/α-hetero) is 3. The van der Waals surface area contributed by atoms with Crippen LogP contribution >= 0.6 is 0 Å². The topological polar surface area (TPSA) is 93.6 Å². The average Bonchev–Trinajstić information content (AvgIpc) is 2.86. The summed E-state index contributed by atoms with van der Waals surface area (Å²) in [6.07, 6.45) is 0.571. The van der Waals surface area contributed by atoms with E-state index in [2.05, 4.69) is 72.2 Å². The van der Waals surface area contributed by atoms with Gasteiger partial charge in [-0.2, -0.15) is 0 Å². The molecule has 0 bridgehead atoms. The lowest BCUT2D eigenvalue weighted by Gasteiger charge is -2.37. The minimum absolute atomic E-state index is 0.0903. The number of carbonyl (C=O) groups is 3. The third kappa shape index (κ3) is 13.0. The van der Waals surface area contributed by atoms with E-state index >= 15 is 0 Å². The van der Waals surface area contributed by atoms with Crippen LogP contribution in [0, 0.1) is 0 Å². The van der Waals surface area contributed by atoms with Crippen LogP contribution in [0.2, 0.25) is 18.1 Å². The Balaban J connectivity index is 2.28. The summed E-state index contributed by atoms with van der Waals surface area (Å²) in [5.41, 5.74) is 1.06. The van der Waals surface area contributed by atoms with Crippen LogP contribution in [0.4, 0.5) is 0 Å². The number of rotatable bonds is 12. The predicted octanol–water partition coefficient (Wildman–Crippen LogP) is 4.04. The minimum atomic E-state index is -1.96. The summed E-state index contributed by atoms with van der Waals surface area (Å²) in [5.74, 6) is 1.23. The van der Waals surface area contributed by atoms with Gasteiger partial charge in [-0.1, -0.05) is 39.5 Å². The molecule has 10 heteroatoms. The molecule has 0 radical (unpaired) electrons. The van der Waals surface area contributed by atoms with Crippen molar-refractivity contribution >= 4 is 25.7 Å². The van der Waals surface area contributed by atoms with Crippen molar-refractivity contribution in [2.45, 2.75) is 72.1 Å². The second-order valence-corrected chi connectivity index (χ2v) is 18.4. The van der Waals surface area contributed by atoms with Gasteiger partial charge in [-0.05, 0) is 63.0 Å². The number of aliphatic hydroxyl groups excluding tert-OH is 1. The molecule has 1 fully saturated rings. The van der Waals surface area contributed by atoms with Crippen LogP contribution in [0.5, 0.6) is 5.75 Å². The Morgan fingerprint density at radius 1 is 0.814 bits per heavy atom. The van der Waals surface area contributed by atoms with Gasteiger partial charge >= 0.3 is 0 Å². The lowest BCUT2D eigenvalue weighted by molar-refractivity contribution is -0.123. The first-order valence-corrected chi connectivity index (χ1v) is 18.4. The van der Waals surface area contributed by atoms with Crippen LogP contribution in [0.25, 0.3) is 0 Å². The lowest BCUT2D eigenvalue weighted by Crippen LogP contribution is -2.51. The molecule has 1 N–H and O–H groups in total. The summed E-state index contributed by atoms with van der Waals surface area (Å²) in [6.45, 7) is 25.7. The lowest BCUT2D eigenvalue weighted by atomic mass is 10.0. The smallest absolute Gasteiger partial charge is 0.250 e. The quantitative estimate of drug-likeness (QED) is 0.276. The van der Waals surface area contributed by atoms with Crippen molar-refractivity contribution in [2.75, 3.05) is 72.0 Å². The van der Waals surface area contributed by atoms with E-state index in [4.69, 9.17) is 4.43 Å². The van der Waals surface area contributed by atoms with E-state index in [0.717, 1.165) is 11.3 Å². The summed E-state index contributed by atoms with van der Waals surface area (Å²) < 4.78 is 6.46. The van der Waals surface area contributed by atoms with Gasteiger partial charge < -0.3 is 9.53 Å². The van der Waals surface area contributed by atoms with E-state index in [1.165, 1.54) is 0 Å². The van der Waals surface area contributed by atoms with E-state index < -0.39 is 8.32 Å². The van der Waals surface area contributed by atoms with Gasteiger partial charge in [0.25, 0.3) is 0 Å². The molecule has 2 rings (SSSR count). The van der Waals surface area contributed by atoms with E-state index in [-0.39, 0.29) is 34.2 Å². The monoisotopic (exact) mass is 616 g/mol. The molecule has 0 saturated carbocycles. The van der Waals surface area contributed by atoms with E-state index in [1.54, 1.807) is 20.8 Å². The number of aliphatic hydroxyl groups is 1. The van der Waals surface area contributed by atoms with Crippen molar-refractivity contribution < 1.29 is 23.9 Å². The van der Waals surface area contributed by atoms with Crippen molar-refractivity contribution in [3.8, 4) is 5.75 Å². The molecule has 242 valence electrons. The molecule has 1 aromatic rings. The molecule has 0 aliphatic carbocycles. The molecule has 1 atom stereocenters. The summed E-state index contributed by atoms with van der Waals surface area (Å²) in [5, 5.41) is 9.97. The second kappa shape index (κ2) is 16.6. The molecule has 1 heterocycles. The summed E-state index contributed by atoms with van der Waals surface area (Å²) in [7, 11) is -1.96. The molecule has 0 amide bonds. The maximum Gasteiger partial charge on any atom is 0.250 e. The Bertz CT molecular complexity index is 1050. The van der Waals surface area contributed by atoms with Gasteiger partial charge in [0.05, 0.1) is 31.4 Å². The largest absolute Gasteiger partial charge is 0.544 e. The second-order valence-electron chi connectivity index (χ2n) is 13.7. The molecule has 9 nitrogen and oxygen atoms in total. The van der Waals surface area contributed by atoms with Gasteiger partial charge in [-0.15, -0.1) is 0 Å². The molecule has 1 aromatic carbocycles. The zero-order valence-corrected chi connectivity index (χ0v) is 28.9. The number of benzene rings is 1. The molecule has 1 aliphatic rings. The van der Waals surface area contributed by atoms with Gasteiger partial charge in [0.15, 0.2) is 0 Å². The standard InChI is InChI=1S/C33H56N4O5Si/c1-26(38)23-34-14-16-35(24-27(2)39)18-20-37(21-19-36(17-15-34)25-28(3)40)32(29(4)41)22-30-10-12-31(13-11-30)42-43(8,9)33(5,6)7/h10-13,32,38H,1,14-25H2,2-9H3. The SMILES string of the molecule is C=C(O)CN1CCN(CC(C)=O)CCN(C(Cc2ccc(O[Si](C)(C)C(C)(C)C)cc2)C(C)=O)CCN(CC(C)=O)CC1. The summed E-state index contributed by atoms with van der Waals surface area (Å²) in [4.78, 5) is 45.9. The van der Waals surface area contributed by atoms with Gasteiger partial charge in [0.1, 0.15) is 23.1 Å². The van der Waals surface area contributed by atoms with Crippen molar-refractivity contribution in [1.29, 1.82) is 0 Å². The molecule has 1 saturated heterocycles. The number of hydrogen-bond acceptors (Lipinski definition) is 9. The van der Waals surface area contributed by atoms with Crippen LogP contribution < -0.4 is 4.43 Å². The van der Waals surface area contributed by atoms with Gasteiger partial charge in [0.2, 0.25) is 8.32 Å². The molecule has 0 aromatic heterocycles. The maximum atomic E-state index is 13.1. The highest BCUT2D eigenvalue weighted by molar-refractivity contribution is 6.74. The number of nitrogens with zero attached hydrogens (tertiary/aromatic N) is 4.